The summed E-state index contributed by atoms with van der Waals surface area (Å²) in [4.78, 5) is 36.2. The molecule has 3 aromatic carbocycles. The van der Waals surface area contributed by atoms with Crippen molar-refractivity contribution in [3.05, 3.63) is 130 Å². The molecule has 0 spiro atoms. The number of furan rings is 1. The minimum Gasteiger partial charge on any atom is -0.400 e. The average molecular weight is 468 g/mol. The van der Waals surface area contributed by atoms with Crippen LogP contribution < -0.4 is 10.7 Å². The van der Waals surface area contributed by atoms with E-state index in [4.69, 9.17) is 4.42 Å². The number of hydrogen-bond donors (Lipinski definition) is 2. The van der Waals surface area contributed by atoms with Crippen molar-refractivity contribution in [1.82, 2.24) is 5.43 Å². The molecule has 1 aromatic heterocycles. The standard InChI is InChI=1S/C26H20N4O5/c31-25(29-27-17-20-15-16-23(35-20)30(33)34)21-13-7-8-14-22(21)28-26(32)24(18-9-3-1-4-10-18)19-11-5-2-6-12-19/h1-17,24H,(H,28,32)(H,29,31)/b27-17-. The van der Waals surface area contributed by atoms with Crippen molar-refractivity contribution in [1.29, 1.82) is 0 Å². The number of carbonyl (C=O) groups is 2. The van der Waals surface area contributed by atoms with Crippen LogP contribution in [0.25, 0.3) is 0 Å². The number of rotatable bonds is 8. The Morgan fingerprint density at radius 3 is 2.06 bits per heavy atom. The molecule has 174 valence electrons. The van der Waals surface area contributed by atoms with Gasteiger partial charge in [0.05, 0.1) is 29.4 Å². The molecule has 0 bridgehead atoms. The van der Waals surface area contributed by atoms with Gasteiger partial charge in [0.2, 0.25) is 5.91 Å². The monoisotopic (exact) mass is 468 g/mol. The molecule has 9 heteroatoms. The number of nitrogens with one attached hydrogen (secondary N) is 2. The normalized spacial score (nSPS) is 10.9. The fraction of sp³-hybridized carbons (Fsp3) is 0.0385. The highest BCUT2D eigenvalue weighted by atomic mass is 16.6. The van der Waals surface area contributed by atoms with Crippen LogP contribution in [0.5, 0.6) is 0 Å². The van der Waals surface area contributed by atoms with Crippen LogP contribution in [0.4, 0.5) is 11.6 Å². The molecular formula is C26H20N4O5. The molecule has 0 saturated heterocycles. The van der Waals surface area contributed by atoms with Crippen molar-refractivity contribution >= 4 is 29.6 Å². The lowest BCUT2D eigenvalue weighted by Crippen LogP contribution is -2.25. The predicted octanol–water partition coefficient (Wildman–Crippen LogP) is 4.72. The summed E-state index contributed by atoms with van der Waals surface area (Å²) in [5, 5.41) is 17.4. The van der Waals surface area contributed by atoms with Gasteiger partial charge in [-0.2, -0.15) is 5.10 Å². The van der Waals surface area contributed by atoms with Crippen molar-refractivity contribution in [3.8, 4) is 0 Å². The van der Waals surface area contributed by atoms with E-state index in [0.29, 0.717) is 5.69 Å². The number of amides is 2. The zero-order valence-corrected chi connectivity index (χ0v) is 18.3. The van der Waals surface area contributed by atoms with Gasteiger partial charge in [0.1, 0.15) is 4.92 Å². The zero-order chi connectivity index (χ0) is 24.6. The molecule has 0 aliphatic rings. The lowest BCUT2D eigenvalue weighted by molar-refractivity contribution is -0.402. The lowest BCUT2D eigenvalue weighted by Gasteiger charge is -2.19. The molecule has 0 unspecified atom stereocenters. The highest BCUT2D eigenvalue weighted by molar-refractivity contribution is 6.06. The van der Waals surface area contributed by atoms with Gasteiger partial charge in [-0.3, -0.25) is 19.7 Å². The summed E-state index contributed by atoms with van der Waals surface area (Å²) >= 11 is 0. The second-order valence-electron chi connectivity index (χ2n) is 7.42. The van der Waals surface area contributed by atoms with Crippen molar-refractivity contribution in [3.63, 3.8) is 0 Å². The van der Waals surface area contributed by atoms with Gasteiger partial charge in [0.15, 0.2) is 5.76 Å². The minimum absolute atomic E-state index is 0.104. The highest BCUT2D eigenvalue weighted by Gasteiger charge is 2.24. The topological polar surface area (TPSA) is 127 Å². The van der Waals surface area contributed by atoms with Gasteiger partial charge in [-0.15, -0.1) is 0 Å². The molecule has 0 saturated carbocycles. The molecule has 2 amide bonds. The average Bonchev–Trinajstić information content (AvgIpc) is 3.35. The Morgan fingerprint density at radius 1 is 0.857 bits per heavy atom. The van der Waals surface area contributed by atoms with Crippen molar-refractivity contribution in [2.75, 3.05) is 5.32 Å². The number of anilines is 1. The molecule has 2 N–H and O–H groups in total. The van der Waals surface area contributed by atoms with Gasteiger partial charge in [-0.25, -0.2) is 5.43 Å². The van der Waals surface area contributed by atoms with Crippen LogP contribution in [0, 0.1) is 10.1 Å². The van der Waals surface area contributed by atoms with Crippen LogP contribution >= 0.6 is 0 Å². The molecule has 0 radical (unpaired) electrons. The number of para-hydroxylation sites is 1. The molecule has 0 aliphatic carbocycles. The van der Waals surface area contributed by atoms with Crippen LogP contribution in [0.3, 0.4) is 0 Å². The predicted molar refractivity (Wildman–Crippen MR) is 130 cm³/mol. The first kappa shape index (κ1) is 23.1. The van der Waals surface area contributed by atoms with Crippen molar-refractivity contribution < 1.29 is 18.9 Å². The molecule has 4 rings (SSSR count). The Balaban J connectivity index is 1.52. The Kier molecular flexibility index (Phi) is 7.08. The number of carbonyl (C=O) groups excluding carboxylic acids is 2. The number of nitro groups is 1. The van der Waals surface area contributed by atoms with Crippen LogP contribution in [-0.2, 0) is 4.79 Å². The Labute approximate surface area is 200 Å². The zero-order valence-electron chi connectivity index (χ0n) is 18.3. The fourth-order valence-corrected chi connectivity index (χ4v) is 3.51. The Hall–Kier alpha value is -5.05. The molecule has 1 heterocycles. The van der Waals surface area contributed by atoms with Gasteiger partial charge >= 0.3 is 5.88 Å². The van der Waals surface area contributed by atoms with Gasteiger partial charge in [-0.05, 0) is 29.3 Å². The third-order valence-electron chi connectivity index (χ3n) is 5.11. The maximum Gasteiger partial charge on any atom is 0.433 e. The van der Waals surface area contributed by atoms with E-state index in [2.05, 4.69) is 15.8 Å². The fourth-order valence-electron chi connectivity index (χ4n) is 3.51. The number of hydrazone groups is 1. The maximum atomic E-state index is 13.4. The van der Waals surface area contributed by atoms with Crippen LogP contribution in [-0.4, -0.2) is 23.0 Å². The van der Waals surface area contributed by atoms with E-state index in [1.165, 1.54) is 12.1 Å². The van der Waals surface area contributed by atoms with Crippen LogP contribution in [0.1, 0.15) is 33.2 Å². The van der Waals surface area contributed by atoms with Gasteiger partial charge < -0.3 is 9.73 Å². The summed E-state index contributed by atoms with van der Waals surface area (Å²) < 4.78 is 4.96. The third kappa shape index (κ3) is 5.66. The first-order valence-corrected chi connectivity index (χ1v) is 10.6. The molecule has 0 aliphatic heterocycles. The quantitative estimate of drug-likeness (QED) is 0.220. The van der Waals surface area contributed by atoms with Gasteiger partial charge in [-0.1, -0.05) is 72.8 Å². The second-order valence-corrected chi connectivity index (χ2v) is 7.42. The molecular weight excluding hydrogens is 448 g/mol. The SMILES string of the molecule is O=C(N/N=C\c1ccc([N+](=O)[O-])o1)c1ccccc1NC(=O)C(c1ccccc1)c1ccccc1. The van der Waals surface area contributed by atoms with E-state index in [9.17, 15) is 19.7 Å². The van der Waals surface area contributed by atoms with E-state index in [1.54, 1.807) is 24.3 Å². The van der Waals surface area contributed by atoms with Gasteiger partial charge in [0, 0.05) is 0 Å². The largest absolute Gasteiger partial charge is 0.433 e. The minimum atomic E-state index is -0.674. The van der Waals surface area contributed by atoms with Gasteiger partial charge in [0.25, 0.3) is 5.91 Å². The highest BCUT2D eigenvalue weighted by Crippen LogP contribution is 2.27. The lowest BCUT2D eigenvalue weighted by atomic mass is 9.90. The van der Waals surface area contributed by atoms with Crippen molar-refractivity contribution in [2.24, 2.45) is 5.10 Å². The first-order chi connectivity index (χ1) is 17.0. The van der Waals surface area contributed by atoms with E-state index in [0.717, 1.165) is 17.3 Å². The summed E-state index contributed by atoms with van der Waals surface area (Å²) in [6, 6.07) is 27.8. The second kappa shape index (κ2) is 10.7. The summed E-state index contributed by atoms with van der Waals surface area (Å²) in [6.07, 6.45) is 1.15. The van der Waals surface area contributed by atoms with Crippen LogP contribution in [0.15, 0.2) is 107 Å². The summed E-state index contributed by atoms with van der Waals surface area (Å²) in [6.45, 7) is 0. The van der Waals surface area contributed by atoms with Crippen LogP contribution in [0.2, 0.25) is 0 Å². The number of hydrogen-bond acceptors (Lipinski definition) is 6. The van der Waals surface area contributed by atoms with E-state index >= 15 is 0 Å². The summed E-state index contributed by atoms with van der Waals surface area (Å²) in [7, 11) is 0. The number of benzene rings is 3. The first-order valence-electron chi connectivity index (χ1n) is 10.6. The third-order valence-corrected chi connectivity index (χ3v) is 5.11. The van der Waals surface area contributed by atoms with E-state index in [1.807, 2.05) is 60.7 Å². The van der Waals surface area contributed by atoms with Crippen molar-refractivity contribution in [2.45, 2.75) is 5.92 Å². The maximum absolute atomic E-state index is 13.4. The summed E-state index contributed by atoms with van der Waals surface area (Å²) in [5.74, 6) is -1.78. The molecule has 35 heavy (non-hydrogen) atoms. The Morgan fingerprint density at radius 2 is 1.46 bits per heavy atom. The molecule has 0 atom stereocenters. The molecule has 0 fully saturated rings. The van der Waals surface area contributed by atoms with E-state index < -0.39 is 22.6 Å². The molecule has 9 nitrogen and oxygen atoms in total. The summed E-state index contributed by atoms with van der Waals surface area (Å²) in [5.41, 5.74) is 4.48. The van der Waals surface area contributed by atoms with E-state index in [-0.39, 0.29) is 17.2 Å². The molecule has 4 aromatic rings. The smallest absolute Gasteiger partial charge is 0.400 e. The number of nitrogens with zero attached hydrogens (tertiary/aromatic N) is 2. The Bertz CT molecular complexity index is 1330.